The van der Waals surface area contributed by atoms with Crippen molar-refractivity contribution >= 4 is 32.7 Å². The summed E-state index contributed by atoms with van der Waals surface area (Å²) >= 11 is 3.28. The Morgan fingerprint density at radius 3 is 2.86 bits per heavy atom. The van der Waals surface area contributed by atoms with Crippen molar-refractivity contribution in [3.63, 3.8) is 0 Å². The van der Waals surface area contributed by atoms with Crippen LogP contribution < -0.4 is 5.56 Å². The fourth-order valence-electron chi connectivity index (χ4n) is 2.28. The fraction of sp³-hybridized carbons (Fsp3) is 0.0625. The highest BCUT2D eigenvalue weighted by atomic mass is 79.9. The van der Waals surface area contributed by atoms with Crippen molar-refractivity contribution < 1.29 is 9.90 Å². The first-order valence-electron chi connectivity index (χ1n) is 6.51. The van der Waals surface area contributed by atoms with Crippen LogP contribution in [0, 0.1) is 0 Å². The molecule has 1 aromatic carbocycles. The molecule has 0 fully saturated rings. The van der Waals surface area contributed by atoms with Crippen LogP contribution in [0.2, 0.25) is 0 Å². The van der Waals surface area contributed by atoms with E-state index in [1.807, 2.05) is 6.07 Å². The zero-order chi connectivity index (χ0) is 15.7. The average molecular weight is 359 g/mol. The molecule has 2 aromatic heterocycles. The lowest BCUT2D eigenvalue weighted by Crippen LogP contribution is -2.20. The summed E-state index contributed by atoms with van der Waals surface area (Å²) in [6.45, 7) is 0.311. The molecule has 0 atom stereocenters. The van der Waals surface area contributed by atoms with Gasteiger partial charge in [-0.3, -0.25) is 4.79 Å². The second-order valence-corrected chi connectivity index (χ2v) is 5.66. The highest BCUT2D eigenvalue weighted by molar-refractivity contribution is 9.10. The van der Waals surface area contributed by atoms with Crippen molar-refractivity contribution in [1.29, 1.82) is 0 Å². The normalized spacial score (nSPS) is 10.8. The van der Waals surface area contributed by atoms with Gasteiger partial charge in [0.05, 0.1) is 17.5 Å². The molecule has 0 saturated carbocycles. The van der Waals surface area contributed by atoms with Crippen molar-refractivity contribution in [2.24, 2.45) is 0 Å². The Bertz CT molecular complexity index is 934. The topological polar surface area (TPSA) is 72.2 Å². The predicted octanol–water partition coefficient (Wildman–Crippen LogP) is 2.91. The van der Waals surface area contributed by atoms with Gasteiger partial charge in [-0.25, -0.2) is 9.78 Å². The molecule has 0 bridgehead atoms. The van der Waals surface area contributed by atoms with Crippen LogP contribution in [0.15, 0.2) is 58.2 Å². The molecule has 5 nitrogen and oxygen atoms in total. The quantitative estimate of drug-likeness (QED) is 0.730. The predicted molar refractivity (Wildman–Crippen MR) is 86.2 cm³/mol. The van der Waals surface area contributed by atoms with Crippen LogP contribution >= 0.6 is 15.9 Å². The summed E-state index contributed by atoms with van der Waals surface area (Å²) in [5, 5.41) is 10.4. The summed E-state index contributed by atoms with van der Waals surface area (Å²) in [4.78, 5) is 27.5. The van der Waals surface area contributed by atoms with Gasteiger partial charge in [-0.15, -0.1) is 0 Å². The first-order chi connectivity index (χ1) is 10.5. The van der Waals surface area contributed by atoms with Crippen molar-refractivity contribution in [2.45, 2.75) is 6.54 Å². The maximum atomic E-state index is 12.5. The van der Waals surface area contributed by atoms with Gasteiger partial charge in [0.1, 0.15) is 4.60 Å². The number of fused-ring (bicyclic) bond motifs is 1. The molecule has 110 valence electrons. The van der Waals surface area contributed by atoms with Gasteiger partial charge in [0.25, 0.3) is 5.56 Å². The van der Waals surface area contributed by atoms with E-state index in [-0.39, 0.29) is 11.1 Å². The van der Waals surface area contributed by atoms with Crippen molar-refractivity contribution in [3.05, 3.63) is 74.9 Å². The van der Waals surface area contributed by atoms with Crippen molar-refractivity contribution in [3.8, 4) is 0 Å². The number of rotatable bonds is 3. The van der Waals surface area contributed by atoms with Crippen LogP contribution in [0.4, 0.5) is 0 Å². The number of hydrogen-bond acceptors (Lipinski definition) is 3. The Morgan fingerprint density at radius 2 is 2.09 bits per heavy atom. The van der Waals surface area contributed by atoms with E-state index in [1.165, 1.54) is 12.3 Å². The molecule has 3 aromatic rings. The molecule has 0 radical (unpaired) electrons. The minimum absolute atomic E-state index is 0.154. The van der Waals surface area contributed by atoms with Gasteiger partial charge in [0.15, 0.2) is 0 Å². The molecular formula is C16H11BrN2O3. The van der Waals surface area contributed by atoms with E-state index in [9.17, 15) is 9.59 Å². The van der Waals surface area contributed by atoms with Crippen LogP contribution in [0.1, 0.15) is 15.9 Å². The molecule has 0 unspecified atom stereocenters. The third kappa shape index (κ3) is 2.78. The standard InChI is InChI=1S/C16H11BrN2O3/c17-14-7-11-4-5-19(15(20)13(11)8-18-14)9-10-2-1-3-12(6-10)16(21)22/h1-8H,9H2,(H,21,22). The molecule has 0 aliphatic carbocycles. The molecule has 0 saturated heterocycles. The number of benzene rings is 1. The number of carboxylic acids is 1. The smallest absolute Gasteiger partial charge is 0.335 e. The lowest BCUT2D eigenvalue weighted by atomic mass is 10.1. The highest BCUT2D eigenvalue weighted by Crippen LogP contribution is 2.14. The lowest BCUT2D eigenvalue weighted by molar-refractivity contribution is 0.0696. The Kier molecular flexibility index (Phi) is 3.77. The molecule has 22 heavy (non-hydrogen) atoms. The van der Waals surface area contributed by atoms with Gasteiger partial charge >= 0.3 is 5.97 Å². The molecule has 2 heterocycles. The molecular weight excluding hydrogens is 348 g/mol. The summed E-state index contributed by atoms with van der Waals surface area (Å²) in [6.07, 6.45) is 3.23. The number of nitrogens with zero attached hydrogens (tertiary/aromatic N) is 2. The largest absolute Gasteiger partial charge is 0.478 e. The van der Waals surface area contributed by atoms with Crippen molar-refractivity contribution in [1.82, 2.24) is 9.55 Å². The minimum Gasteiger partial charge on any atom is -0.478 e. The minimum atomic E-state index is -0.984. The molecule has 6 heteroatoms. The number of aromatic nitrogens is 2. The maximum absolute atomic E-state index is 12.5. The average Bonchev–Trinajstić information content (AvgIpc) is 2.50. The zero-order valence-corrected chi connectivity index (χ0v) is 12.9. The Balaban J connectivity index is 2.03. The molecule has 3 rings (SSSR count). The van der Waals surface area contributed by atoms with Gasteiger partial charge in [0, 0.05) is 12.4 Å². The van der Waals surface area contributed by atoms with Crippen LogP contribution in [-0.4, -0.2) is 20.6 Å². The van der Waals surface area contributed by atoms with E-state index in [4.69, 9.17) is 5.11 Å². The van der Waals surface area contributed by atoms with Crippen LogP contribution in [0.5, 0.6) is 0 Å². The Morgan fingerprint density at radius 1 is 1.27 bits per heavy atom. The first-order valence-corrected chi connectivity index (χ1v) is 7.31. The summed E-state index contributed by atoms with van der Waals surface area (Å²) in [5.74, 6) is -0.984. The van der Waals surface area contributed by atoms with E-state index >= 15 is 0 Å². The summed E-state index contributed by atoms with van der Waals surface area (Å²) in [6, 6.07) is 10.2. The van der Waals surface area contributed by atoms with Crippen LogP contribution in [0.25, 0.3) is 10.8 Å². The summed E-state index contributed by atoms with van der Waals surface area (Å²) < 4.78 is 2.21. The van der Waals surface area contributed by atoms with Crippen LogP contribution in [-0.2, 0) is 6.54 Å². The first kappa shape index (κ1) is 14.5. The van der Waals surface area contributed by atoms with Crippen LogP contribution in [0.3, 0.4) is 0 Å². The number of hydrogen-bond donors (Lipinski definition) is 1. The molecule has 0 spiro atoms. The number of aromatic carboxylic acids is 1. The number of pyridine rings is 2. The van der Waals surface area contributed by atoms with E-state index in [0.29, 0.717) is 16.5 Å². The van der Waals surface area contributed by atoms with E-state index in [1.54, 1.807) is 35.0 Å². The lowest BCUT2D eigenvalue weighted by Gasteiger charge is -2.08. The maximum Gasteiger partial charge on any atom is 0.335 e. The van der Waals surface area contributed by atoms with Gasteiger partial charge in [0.2, 0.25) is 0 Å². The monoisotopic (exact) mass is 358 g/mol. The number of halogens is 1. The molecule has 1 N–H and O–H groups in total. The van der Waals surface area contributed by atoms with E-state index in [0.717, 1.165) is 10.9 Å². The van der Waals surface area contributed by atoms with Gasteiger partial charge < -0.3 is 9.67 Å². The summed E-state index contributed by atoms with van der Waals surface area (Å²) in [5.41, 5.74) is 0.807. The SMILES string of the molecule is O=C(O)c1cccc(Cn2ccc3cc(Br)ncc3c2=O)c1. The Labute approximate surface area is 134 Å². The second-order valence-electron chi connectivity index (χ2n) is 4.85. The number of carboxylic acid groups (broad SMARTS) is 1. The molecule has 0 amide bonds. The molecule has 0 aliphatic heterocycles. The Hall–Kier alpha value is -2.47. The van der Waals surface area contributed by atoms with E-state index in [2.05, 4.69) is 20.9 Å². The fourth-order valence-corrected chi connectivity index (χ4v) is 2.63. The third-order valence-electron chi connectivity index (χ3n) is 3.35. The summed E-state index contributed by atoms with van der Waals surface area (Å²) in [7, 11) is 0. The zero-order valence-electron chi connectivity index (χ0n) is 11.4. The van der Waals surface area contributed by atoms with Gasteiger partial charge in [-0.1, -0.05) is 12.1 Å². The molecule has 0 aliphatic rings. The number of carbonyl (C=O) groups is 1. The van der Waals surface area contributed by atoms with E-state index < -0.39 is 5.97 Å². The van der Waals surface area contributed by atoms with Crippen molar-refractivity contribution in [2.75, 3.05) is 0 Å². The van der Waals surface area contributed by atoms with Gasteiger partial charge in [-0.05, 0) is 51.1 Å². The third-order valence-corrected chi connectivity index (χ3v) is 3.79. The van der Waals surface area contributed by atoms with Gasteiger partial charge in [-0.2, -0.15) is 0 Å². The highest BCUT2D eigenvalue weighted by Gasteiger charge is 2.07. The second kappa shape index (κ2) is 5.73.